The highest BCUT2D eigenvalue weighted by Gasteiger charge is 2.24. The van der Waals surface area contributed by atoms with Gasteiger partial charge in [-0.1, -0.05) is 33.8 Å². The standard InChI is InChI=1S/C21H17BrN4O2S/c1-12-2-5-17-16(8-12)26(6-7-28-17)18(27)10-29-21-20-19(23-11-24-21)14-9-13(22)3-4-15(14)25-20/h2-5,8-9,11,25H,6-7,10H2,1H3. The van der Waals surface area contributed by atoms with Crippen LogP contribution in [0.15, 0.2) is 52.2 Å². The highest BCUT2D eigenvalue weighted by Crippen LogP contribution is 2.34. The Hall–Kier alpha value is -2.58. The lowest BCUT2D eigenvalue weighted by molar-refractivity contribution is -0.116. The highest BCUT2D eigenvalue weighted by atomic mass is 79.9. The van der Waals surface area contributed by atoms with Gasteiger partial charge in [-0.05, 0) is 42.8 Å². The minimum Gasteiger partial charge on any atom is -0.490 e. The third-order valence-electron chi connectivity index (χ3n) is 4.92. The van der Waals surface area contributed by atoms with Crippen molar-refractivity contribution in [1.29, 1.82) is 0 Å². The number of benzene rings is 2. The number of ether oxygens (including phenoxy) is 1. The number of aromatic amines is 1. The lowest BCUT2D eigenvalue weighted by Crippen LogP contribution is -2.39. The molecule has 0 saturated heterocycles. The zero-order valence-corrected chi connectivity index (χ0v) is 18.0. The van der Waals surface area contributed by atoms with Gasteiger partial charge in [0, 0.05) is 15.4 Å². The molecular weight excluding hydrogens is 452 g/mol. The molecule has 4 aromatic rings. The Kier molecular flexibility index (Phi) is 4.67. The summed E-state index contributed by atoms with van der Waals surface area (Å²) in [5, 5.41) is 1.80. The van der Waals surface area contributed by atoms with E-state index in [-0.39, 0.29) is 5.91 Å². The van der Waals surface area contributed by atoms with Crippen LogP contribution in [-0.4, -0.2) is 39.8 Å². The summed E-state index contributed by atoms with van der Waals surface area (Å²) in [5.41, 5.74) is 4.65. The Balaban J connectivity index is 1.42. The fraction of sp³-hybridized carbons (Fsp3) is 0.190. The van der Waals surface area contributed by atoms with Crippen LogP contribution in [0.1, 0.15) is 5.56 Å². The molecule has 0 spiro atoms. The van der Waals surface area contributed by atoms with E-state index >= 15 is 0 Å². The van der Waals surface area contributed by atoms with Crippen LogP contribution in [0.4, 0.5) is 5.69 Å². The molecule has 0 aliphatic carbocycles. The maximum Gasteiger partial charge on any atom is 0.237 e. The third-order valence-corrected chi connectivity index (χ3v) is 6.39. The van der Waals surface area contributed by atoms with E-state index in [1.165, 1.54) is 11.8 Å². The Morgan fingerprint density at radius 2 is 2.17 bits per heavy atom. The van der Waals surface area contributed by atoms with Crippen LogP contribution in [0.3, 0.4) is 0 Å². The number of carbonyl (C=O) groups excluding carboxylic acids is 1. The summed E-state index contributed by atoms with van der Waals surface area (Å²) in [6.45, 7) is 3.06. The fourth-order valence-corrected chi connectivity index (χ4v) is 4.74. The summed E-state index contributed by atoms with van der Waals surface area (Å²) in [6, 6.07) is 11.9. The van der Waals surface area contributed by atoms with Gasteiger partial charge in [0.15, 0.2) is 0 Å². The number of anilines is 1. The maximum atomic E-state index is 13.0. The number of thioether (sulfide) groups is 1. The van der Waals surface area contributed by atoms with E-state index in [9.17, 15) is 4.79 Å². The van der Waals surface area contributed by atoms with Crippen molar-refractivity contribution in [1.82, 2.24) is 15.0 Å². The largest absolute Gasteiger partial charge is 0.490 e. The van der Waals surface area contributed by atoms with Gasteiger partial charge in [0.05, 0.1) is 23.5 Å². The fourth-order valence-electron chi connectivity index (χ4n) is 3.55. The molecule has 1 aliphatic rings. The second kappa shape index (κ2) is 7.35. The molecular formula is C21H17BrN4O2S. The van der Waals surface area contributed by atoms with Crippen LogP contribution in [0.2, 0.25) is 0 Å². The number of fused-ring (bicyclic) bond motifs is 4. The molecule has 0 saturated carbocycles. The maximum absolute atomic E-state index is 13.0. The molecule has 2 aromatic carbocycles. The number of halogens is 1. The number of amides is 1. The Bertz CT molecular complexity index is 1260. The first-order valence-corrected chi connectivity index (χ1v) is 11.0. The average molecular weight is 469 g/mol. The van der Waals surface area contributed by atoms with Crippen molar-refractivity contribution in [2.75, 3.05) is 23.8 Å². The number of nitrogens with one attached hydrogen (secondary N) is 1. The highest BCUT2D eigenvalue weighted by molar-refractivity contribution is 9.10. The predicted molar refractivity (Wildman–Crippen MR) is 119 cm³/mol. The van der Waals surface area contributed by atoms with E-state index in [1.807, 2.05) is 43.3 Å². The molecule has 0 radical (unpaired) electrons. The van der Waals surface area contributed by atoms with Crippen molar-refractivity contribution in [3.8, 4) is 5.75 Å². The number of aromatic nitrogens is 3. The van der Waals surface area contributed by atoms with E-state index in [1.54, 1.807) is 11.2 Å². The van der Waals surface area contributed by atoms with E-state index in [4.69, 9.17) is 4.74 Å². The summed E-state index contributed by atoms with van der Waals surface area (Å²) in [7, 11) is 0. The number of H-pyrrole nitrogens is 1. The summed E-state index contributed by atoms with van der Waals surface area (Å²) in [6.07, 6.45) is 1.55. The first kappa shape index (κ1) is 18.4. The van der Waals surface area contributed by atoms with Gasteiger partial charge >= 0.3 is 0 Å². The number of carbonyl (C=O) groups is 1. The average Bonchev–Trinajstić information content (AvgIpc) is 3.10. The van der Waals surface area contributed by atoms with Crippen LogP contribution < -0.4 is 9.64 Å². The van der Waals surface area contributed by atoms with Gasteiger partial charge in [-0.2, -0.15) is 0 Å². The molecule has 3 heterocycles. The van der Waals surface area contributed by atoms with Crippen LogP contribution in [-0.2, 0) is 4.79 Å². The third kappa shape index (κ3) is 3.36. The van der Waals surface area contributed by atoms with Crippen molar-refractivity contribution >= 4 is 61.2 Å². The van der Waals surface area contributed by atoms with Crippen molar-refractivity contribution in [2.24, 2.45) is 0 Å². The molecule has 146 valence electrons. The monoisotopic (exact) mass is 468 g/mol. The van der Waals surface area contributed by atoms with Crippen LogP contribution >= 0.6 is 27.7 Å². The van der Waals surface area contributed by atoms with E-state index in [2.05, 4.69) is 30.9 Å². The van der Waals surface area contributed by atoms with E-state index in [0.717, 1.165) is 48.4 Å². The first-order chi connectivity index (χ1) is 14.1. The number of aryl methyl sites for hydroxylation is 1. The predicted octanol–water partition coefficient (Wildman–Crippen LogP) is 4.70. The van der Waals surface area contributed by atoms with Gasteiger partial charge in [0.2, 0.25) is 5.91 Å². The molecule has 1 aliphatic heterocycles. The van der Waals surface area contributed by atoms with Gasteiger partial charge < -0.3 is 14.6 Å². The molecule has 5 rings (SSSR count). The minimum absolute atomic E-state index is 0.0377. The Morgan fingerprint density at radius 1 is 1.28 bits per heavy atom. The normalized spacial score (nSPS) is 13.5. The number of hydrogen-bond acceptors (Lipinski definition) is 5. The van der Waals surface area contributed by atoms with Crippen molar-refractivity contribution in [3.05, 3.63) is 52.8 Å². The van der Waals surface area contributed by atoms with Gasteiger partial charge in [-0.3, -0.25) is 4.79 Å². The van der Waals surface area contributed by atoms with Gasteiger partial charge in [0.25, 0.3) is 0 Å². The topological polar surface area (TPSA) is 71.1 Å². The molecule has 29 heavy (non-hydrogen) atoms. The molecule has 0 fully saturated rings. The second-order valence-corrected chi connectivity index (χ2v) is 8.75. The second-order valence-electron chi connectivity index (χ2n) is 6.87. The van der Waals surface area contributed by atoms with Crippen LogP contribution in [0, 0.1) is 6.92 Å². The number of rotatable bonds is 3. The molecule has 1 N–H and O–H groups in total. The molecule has 0 bridgehead atoms. The molecule has 0 unspecified atom stereocenters. The summed E-state index contributed by atoms with van der Waals surface area (Å²) < 4.78 is 6.69. The SMILES string of the molecule is Cc1ccc2c(c1)N(C(=O)CSc1ncnc3c1[nH]c1ccc(Br)cc13)CCO2. The van der Waals surface area contributed by atoms with Crippen LogP contribution in [0.5, 0.6) is 5.75 Å². The number of hydrogen-bond donors (Lipinski definition) is 1. The summed E-state index contributed by atoms with van der Waals surface area (Å²) >= 11 is 4.93. The minimum atomic E-state index is 0.0377. The summed E-state index contributed by atoms with van der Waals surface area (Å²) in [4.78, 5) is 27.0. The van der Waals surface area contributed by atoms with E-state index in [0.29, 0.717) is 18.9 Å². The smallest absolute Gasteiger partial charge is 0.237 e. The van der Waals surface area contributed by atoms with Gasteiger partial charge in [0.1, 0.15) is 29.2 Å². The zero-order valence-electron chi connectivity index (χ0n) is 15.6. The summed E-state index contributed by atoms with van der Waals surface area (Å²) in [5.74, 6) is 1.08. The molecule has 6 nitrogen and oxygen atoms in total. The molecule has 0 atom stereocenters. The lowest BCUT2D eigenvalue weighted by atomic mass is 10.1. The zero-order chi connectivity index (χ0) is 20.0. The van der Waals surface area contributed by atoms with Crippen molar-refractivity contribution in [3.63, 3.8) is 0 Å². The van der Waals surface area contributed by atoms with Crippen LogP contribution in [0.25, 0.3) is 21.9 Å². The van der Waals surface area contributed by atoms with Crippen molar-refractivity contribution in [2.45, 2.75) is 11.9 Å². The van der Waals surface area contributed by atoms with Gasteiger partial charge in [-0.25, -0.2) is 9.97 Å². The quantitative estimate of drug-likeness (QED) is 0.348. The van der Waals surface area contributed by atoms with E-state index < -0.39 is 0 Å². The molecule has 8 heteroatoms. The molecule has 1 amide bonds. The lowest BCUT2D eigenvalue weighted by Gasteiger charge is -2.29. The van der Waals surface area contributed by atoms with Crippen molar-refractivity contribution < 1.29 is 9.53 Å². The first-order valence-electron chi connectivity index (χ1n) is 9.19. The number of nitrogens with zero attached hydrogens (tertiary/aromatic N) is 3. The molecule has 2 aromatic heterocycles. The van der Waals surface area contributed by atoms with Gasteiger partial charge in [-0.15, -0.1) is 0 Å². The Morgan fingerprint density at radius 3 is 3.07 bits per heavy atom. The Labute approximate surface area is 179 Å².